The predicted molar refractivity (Wildman–Crippen MR) is 39.6 cm³/mol. The van der Waals surface area contributed by atoms with Crippen LogP contribution in [0.1, 0.15) is 12.8 Å². The van der Waals surface area contributed by atoms with E-state index < -0.39 is 0 Å². The number of hydrogen-bond donors (Lipinski definition) is 0. The molecule has 1 amide bonds. The van der Waals surface area contributed by atoms with Gasteiger partial charge in [-0.1, -0.05) is 13.3 Å². The molecule has 0 aliphatic carbocycles. The summed E-state index contributed by atoms with van der Waals surface area (Å²) in [4.78, 5) is 12.2. The molecule has 59 valence electrons. The molecule has 0 bridgehead atoms. The average Bonchev–Trinajstić information content (AvgIpc) is 1.98. The lowest BCUT2D eigenvalue weighted by Crippen LogP contribution is -2.27. The molecule has 0 fully saturated rings. The second-order valence-electron chi connectivity index (χ2n) is 2.10. The normalized spacial score (nSPS) is 9.10. The molecule has 0 aromatic heterocycles. The van der Waals surface area contributed by atoms with Crippen LogP contribution in [0, 0.1) is 6.92 Å². The van der Waals surface area contributed by atoms with Gasteiger partial charge in [0.15, 0.2) is 0 Å². The topological polar surface area (TPSA) is 29.5 Å². The molecule has 1 radical (unpaired) electrons. The largest absolute Gasteiger partial charge is 0.453 e. The quantitative estimate of drug-likeness (QED) is 0.597. The van der Waals surface area contributed by atoms with Gasteiger partial charge in [0.05, 0.1) is 7.11 Å². The van der Waals surface area contributed by atoms with Crippen molar-refractivity contribution < 1.29 is 9.53 Å². The average molecular weight is 144 g/mol. The second-order valence-corrected chi connectivity index (χ2v) is 2.10. The van der Waals surface area contributed by atoms with Crippen LogP contribution in [0.4, 0.5) is 4.79 Å². The van der Waals surface area contributed by atoms with Crippen LogP contribution in [0.25, 0.3) is 0 Å². The standard InChI is InChI=1S/C7H14NO2/c1-4-5-6-8(2)7(9)10-3/h1,4-6H2,2-3H3. The third kappa shape index (κ3) is 3.33. The monoisotopic (exact) mass is 144 g/mol. The highest BCUT2D eigenvalue weighted by Crippen LogP contribution is 1.92. The predicted octanol–water partition coefficient (Wildman–Crippen LogP) is 1.30. The lowest BCUT2D eigenvalue weighted by molar-refractivity contribution is 0.133. The summed E-state index contributed by atoms with van der Waals surface area (Å²) in [6, 6.07) is 0. The van der Waals surface area contributed by atoms with E-state index in [1.54, 1.807) is 7.05 Å². The van der Waals surface area contributed by atoms with Crippen molar-refractivity contribution >= 4 is 6.09 Å². The van der Waals surface area contributed by atoms with Gasteiger partial charge in [-0.05, 0) is 6.42 Å². The van der Waals surface area contributed by atoms with E-state index in [0.717, 1.165) is 19.4 Å². The Morgan fingerprint density at radius 3 is 2.70 bits per heavy atom. The van der Waals surface area contributed by atoms with E-state index in [1.165, 1.54) is 12.0 Å². The Labute approximate surface area is 62.0 Å². The summed E-state index contributed by atoms with van der Waals surface area (Å²) in [6.45, 7) is 4.38. The van der Waals surface area contributed by atoms with E-state index in [9.17, 15) is 4.79 Å². The van der Waals surface area contributed by atoms with Crippen molar-refractivity contribution in [3.8, 4) is 0 Å². The second kappa shape index (κ2) is 5.09. The molecule has 0 aromatic carbocycles. The van der Waals surface area contributed by atoms with E-state index in [4.69, 9.17) is 0 Å². The zero-order valence-electron chi connectivity index (χ0n) is 6.59. The Balaban J connectivity index is 3.41. The molecule has 0 saturated heterocycles. The summed E-state index contributed by atoms with van der Waals surface area (Å²) in [5, 5.41) is 0. The molecule has 3 nitrogen and oxygen atoms in total. The highest BCUT2D eigenvalue weighted by Gasteiger charge is 2.04. The molecule has 0 rings (SSSR count). The maximum atomic E-state index is 10.7. The summed E-state index contributed by atoms with van der Waals surface area (Å²) in [5.41, 5.74) is 0. The Hall–Kier alpha value is -0.730. The number of carbonyl (C=O) groups is 1. The third-order valence-electron chi connectivity index (χ3n) is 1.23. The molecule has 3 heteroatoms. The number of methoxy groups -OCH3 is 1. The molecule has 10 heavy (non-hydrogen) atoms. The Morgan fingerprint density at radius 1 is 1.70 bits per heavy atom. The zero-order chi connectivity index (χ0) is 7.98. The minimum absolute atomic E-state index is 0.284. The Kier molecular flexibility index (Phi) is 4.72. The number of unbranched alkanes of at least 4 members (excludes halogenated alkanes) is 1. The fraction of sp³-hybridized carbons (Fsp3) is 0.714. The van der Waals surface area contributed by atoms with Crippen LogP contribution in [0.5, 0.6) is 0 Å². The number of nitrogens with zero attached hydrogens (tertiary/aromatic N) is 1. The molecule has 0 N–H and O–H groups in total. The first-order valence-electron chi connectivity index (χ1n) is 3.30. The number of amides is 1. The maximum absolute atomic E-state index is 10.7. The van der Waals surface area contributed by atoms with Crippen molar-refractivity contribution in [2.75, 3.05) is 20.7 Å². The zero-order valence-corrected chi connectivity index (χ0v) is 6.59. The summed E-state index contributed by atoms with van der Waals surface area (Å²) >= 11 is 0. The van der Waals surface area contributed by atoms with Crippen molar-refractivity contribution in [2.45, 2.75) is 12.8 Å². The highest BCUT2D eigenvalue weighted by molar-refractivity contribution is 5.66. The molecule has 0 heterocycles. The lowest BCUT2D eigenvalue weighted by Gasteiger charge is -2.13. The highest BCUT2D eigenvalue weighted by atomic mass is 16.5. The van der Waals surface area contributed by atoms with Crippen LogP contribution in [-0.4, -0.2) is 31.7 Å². The van der Waals surface area contributed by atoms with E-state index >= 15 is 0 Å². The molecule has 0 aromatic rings. The first kappa shape index (κ1) is 9.27. The minimum Gasteiger partial charge on any atom is -0.453 e. The number of rotatable bonds is 3. The van der Waals surface area contributed by atoms with E-state index in [2.05, 4.69) is 11.7 Å². The molecule has 0 aliphatic heterocycles. The van der Waals surface area contributed by atoms with Gasteiger partial charge in [-0.2, -0.15) is 0 Å². The molecule has 0 spiro atoms. The molecular weight excluding hydrogens is 130 g/mol. The van der Waals surface area contributed by atoms with Gasteiger partial charge in [0.2, 0.25) is 0 Å². The van der Waals surface area contributed by atoms with Gasteiger partial charge in [0.25, 0.3) is 0 Å². The fourth-order valence-corrected chi connectivity index (χ4v) is 0.596. The van der Waals surface area contributed by atoms with Crippen molar-refractivity contribution in [3.63, 3.8) is 0 Å². The summed E-state index contributed by atoms with van der Waals surface area (Å²) < 4.78 is 4.48. The minimum atomic E-state index is -0.284. The van der Waals surface area contributed by atoms with Crippen molar-refractivity contribution in [2.24, 2.45) is 0 Å². The van der Waals surface area contributed by atoms with Gasteiger partial charge in [-0.25, -0.2) is 4.79 Å². The Morgan fingerprint density at radius 2 is 2.30 bits per heavy atom. The van der Waals surface area contributed by atoms with Gasteiger partial charge in [-0.3, -0.25) is 0 Å². The van der Waals surface area contributed by atoms with Crippen LogP contribution >= 0.6 is 0 Å². The molecule has 0 atom stereocenters. The van der Waals surface area contributed by atoms with Gasteiger partial charge < -0.3 is 9.64 Å². The van der Waals surface area contributed by atoms with Crippen LogP contribution in [-0.2, 0) is 4.74 Å². The van der Waals surface area contributed by atoms with Gasteiger partial charge in [-0.15, -0.1) is 0 Å². The Bertz CT molecular complexity index is 104. The fourth-order valence-electron chi connectivity index (χ4n) is 0.596. The summed E-state index contributed by atoms with van der Waals surface area (Å²) in [6.07, 6.45) is 1.49. The summed E-state index contributed by atoms with van der Waals surface area (Å²) in [7, 11) is 3.09. The van der Waals surface area contributed by atoms with Crippen LogP contribution < -0.4 is 0 Å². The van der Waals surface area contributed by atoms with Crippen LogP contribution in [0.15, 0.2) is 0 Å². The number of ether oxygens (including phenoxy) is 1. The first-order valence-corrected chi connectivity index (χ1v) is 3.30. The molecule has 0 saturated carbocycles. The van der Waals surface area contributed by atoms with Gasteiger partial charge in [0, 0.05) is 13.6 Å². The third-order valence-corrected chi connectivity index (χ3v) is 1.23. The van der Waals surface area contributed by atoms with Gasteiger partial charge >= 0.3 is 6.09 Å². The number of carbonyl (C=O) groups excluding carboxylic acids is 1. The summed E-state index contributed by atoms with van der Waals surface area (Å²) in [5.74, 6) is 0. The first-order chi connectivity index (χ1) is 4.72. The molecule has 0 unspecified atom stereocenters. The smallest absolute Gasteiger partial charge is 0.409 e. The maximum Gasteiger partial charge on any atom is 0.409 e. The number of hydrogen-bond acceptors (Lipinski definition) is 2. The van der Waals surface area contributed by atoms with Crippen molar-refractivity contribution in [1.29, 1.82) is 0 Å². The van der Waals surface area contributed by atoms with Crippen LogP contribution in [0.2, 0.25) is 0 Å². The van der Waals surface area contributed by atoms with E-state index in [1.807, 2.05) is 0 Å². The van der Waals surface area contributed by atoms with Crippen LogP contribution in [0.3, 0.4) is 0 Å². The molecular formula is C7H14NO2. The SMILES string of the molecule is [CH2]CCCN(C)C(=O)OC. The molecule has 0 aliphatic rings. The lowest BCUT2D eigenvalue weighted by atomic mass is 10.3. The van der Waals surface area contributed by atoms with E-state index in [-0.39, 0.29) is 6.09 Å². The van der Waals surface area contributed by atoms with Crippen molar-refractivity contribution in [1.82, 2.24) is 4.90 Å². The van der Waals surface area contributed by atoms with Gasteiger partial charge in [0.1, 0.15) is 0 Å². The van der Waals surface area contributed by atoms with Crippen molar-refractivity contribution in [3.05, 3.63) is 6.92 Å². The van der Waals surface area contributed by atoms with E-state index in [0.29, 0.717) is 0 Å².